The highest BCUT2D eigenvalue weighted by atomic mass is 28.4. The van der Waals surface area contributed by atoms with Crippen LogP contribution in [0.4, 0.5) is 0 Å². The Bertz CT molecular complexity index is 334. The van der Waals surface area contributed by atoms with Gasteiger partial charge in [0, 0.05) is 6.54 Å². The molecule has 1 aliphatic heterocycles. The van der Waals surface area contributed by atoms with Crippen LogP contribution in [-0.4, -0.2) is 32.9 Å². The molecule has 2 atom stereocenters. The average molecular weight is 270 g/mol. The molecule has 0 aliphatic carbocycles. The summed E-state index contributed by atoms with van der Waals surface area (Å²) >= 11 is 0. The number of rotatable bonds is 4. The predicted molar refractivity (Wildman–Crippen MR) is 76.8 cm³/mol. The first-order valence-corrected chi connectivity index (χ1v) is 9.42. The predicted octanol–water partition coefficient (Wildman–Crippen LogP) is 2.00. The molecular weight excluding hydrogens is 244 g/mol. The second kappa shape index (κ2) is 5.55. The molecule has 18 heavy (non-hydrogen) atoms. The standard InChI is InChI=1S/C13H26N2O2Si/c1-10(17-18(5,6)13(2,3)4)11(16)12-14-8-7-9-15-12/h7-8,10,12,14-15H,9H2,1-6H3. The van der Waals surface area contributed by atoms with Gasteiger partial charge in [-0.2, -0.15) is 0 Å². The number of Topliss-reactive ketones (excluding diaryl/α,β-unsaturated/α-hetero) is 1. The van der Waals surface area contributed by atoms with E-state index in [4.69, 9.17) is 4.43 Å². The van der Waals surface area contributed by atoms with Crippen molar-refractivity contribution in [1.82, 2.24) is 10.6 Å². The van der Waals surface area contributed by atoms with Gasteiger partial charge >= 0.3 is 0 Å². The molecule has 5 heteroatoms. The molecule has 0 amide bonds. The van der Waals surface area contributed by atoms with Crippen LogP contribution >= 0.6 is 0 Å². The second-order valence-electron chi connectivity index (χ2n) is 6.33. The zero-order valence-corrected chi connectivity index (χ0v) is 13.3. The van der Waals surface area contributed by atoms with Gasteiger partial charge in [0.15, 0.2) is 14.1 Å². The number of carbonyl (C=O) groups excluding carboxylic acids is 1. The molecule has 0 saturated heterocycles. The highest BCUT2D eigenvalue weighted by Crippen LogP contribution is 2.37. The van der Waals surface area contributed by atoms with Crippen molar-refractivity contribution in [3.63, 3.8) is 0 Å². The Hall–Kier alpha value is -0.653. The Morgan fingerprint density at radius 2 is 2.06 bits per heavy atom. The van der Waals surface area contributed by atoms with Gasteiger partial charge in [-0.05, 0) is 31.3 Å². The Balaban J connectivity index is 2.62. The summed E-state index contributed by atoms with van der Waals surface area (Å²) < 4.78 is 6.10. The first kappa shape index (κ1) is 15.4. The molecule has 0 aromatic carbocycles. The van der Waals surface area contributed by atoms with Crippen LogP contribution in [0.2, 0.25) is 18.1 Å². The summed E-state index contributed by atoms with van der Waals surface area (Å²) in [6.07, 6.45) is 3.07. The van der Waals surface area contributed by atoms with Gasteiger partial charge in [-0.25, -0.2) is 0 Å². The number of ketones is 1. The van der Waals surface area contributed by atoms with E-state index in [1.54, 1.807) is 0 Å². The summed E-state index contributed by atoms with van der Waals surface area (Å²) in [5.41, 5.74) is 0. The fraction of sp³-hybridized carbons (Fsp3) is 0.769. The highest BCUT2D eigenvalue weighted by Gasteiger charge is 2.40. The molecular formula is C13H26N2O2Si. The maximum absolute atomic E-state index is 12.2. The van der Waals surface area contributed by atoms with Crippen molar-refractivity contribution in [3.8, 4) is 0 Å². The molecule has 0 saturated carbocycles. The molecule has 1 rings (SSSR count). The average Bonchev–Trinajstić information content (AvgIpc) is 2.27. The molecule has 0 bridgehead atoms. The quantitative estimate of drug-likeness (QED) is 0.767. The van der Waals surface area contributed by atoms with Crippen LogP contribution in [0.15, 0.2) is 12.3 Å². The lowest BCUT2D eigenvalue weighted by Gasteiger charge is -2.38. The summed E-state index contributed by atoms with van der Waals surface area (Å²) in [5.74, 6) is 0.0733. The first-order chi connectivity index (χ1) is 8.15. The topological polar surface area (TPSA) is 50.4 Å². The van der Waals surface area contributed by atoms with Crippen LogP contribution in [0.1, 0.15) is 27.7 Å². The normalized spacial score (nSPS) is 22.4. The first-order valence-electron chi connectivity index (χ1n) is 6.51. The lowest BCUT2D eigenvalue weighted by molar-refractivity contribution is -0.128. The van der Waals surface area contributed by atoms with Crippen LogP contribution < -0.4 is 10.6 Å². The monoisotopic (exact) mass is 270 g/mol. The number of hydrogen-bond acceptors (Lipinski definition) is 4. The van der Waals surface area contributed by atoms with E-state index in [2.05, 4.69) is 44.5 Å². The van der Waals surface area contributed by atoms with Crippen molar-refractivity contribution < 1.29 is 9.22 Å². The van der Waals surface area contributed by atoms with Crippen LogP contribution in [0.5, 0.6) is 0 Å². The Morgan fingerprint density at radius 1 is 1.44 bits per heavy atom. The van der Waals surface area contributed by atoms with Gasteiger partial charge < -0.3 is 9.74 Å². The van der Waals surface area contributed by atoms with Gasteiger partial charge in [-0.15, -0.1) is 0 Å². The summed E-state index contributed by atoms with van der Waals surface area (Å²) in [6.45, 7) is 13.4. The molecule has 0 aromatic heterocycles. The molecule has 0 radical (unpaired) electrons. The van der Waals surface area contributed by atoms with E-state index >= 15 is 0 Å². The Labute approximate surface area is 111 Å². The van der Waals surface area contributed by atoms with Crippen molar-refractivity contribution >= 4 is 14.1 Å². The van der Waals surface area contributed by atoms with Crippen LogP contribution in [0.25, 0.3) is 0 Å². The van der Waals surface area contributed by atoms with E-state index in [9.17, 15) is 4.79 Å². The van der Waals surface area contributed by atoms with Gasteiger partial charge in [0.1, 0.15) is 12.3 Å². The van der Waals surface area contributed by atoms with Gasteiger partial charge in [0.05, 0.1) is 0 Å². The van der Waals surface area contributed by atoms with Crippen LogP contribution in [0, 0.1) is 0 Å². The molecule has 104 valence electrons. The summed E-state index contributed by atoms with van der Waals surface area (Å²) in [7, 11) is -1.89. The van der Waals surface area contributed by atoms with E-state index in [0.29, 0.717) is 0 Å². The molecule has 0 spiro atoms. The van der Waals surface area contributed by atoms with E-state index in [-0.39, 0.29) is 23.1 Å². The maximum Gasteiger partial charge on any atom is 0.196 e. The molecule has 1 aliphatic rings. The van der Waals surface area contributed by atoms with Crippen molar-refractivity contribution in [1.29, 1.82) is 0 Å². The van der Waals surface area contributed by atoms with Crippen molar-refractivity contribution in [2.24, 2.45) is 0 Å². The number of carbonyl (C=O) groups is 1. The Kier molecular flexibility index (Phi) is 4.75. The third-order valence-corrected chi connectivity index (χ3v) is 8.34. The summed E-state index contributed by atoms with van der Waals surface area (Å²) in [4.78, 5) is 12.2. The largest absolute Gasteiger partial charge is 0.407 e. The second-order valence-corrected chi connectivity index (χ2v) is 11.1. The fourth-order valence-electron chi connectivity index (χ4n) is 1.56. The molecule has 1 heterocycles. The van der Waals surface area contributed by atoms with Gasteiger partial charge in [0.2, 0.25) is 0 Å². The van der Waals surface area contributed by atoms with Crippen molar-refractivity contribution in [3.05, 3.63) is 12.3 Å². The van der Waals surface area contributed by atoms with Crippen LogP contribution in [-0.2, 0) is 9.22 Å². The zero-order valence-electron chi connectivity index (χ0n) is 12.3. The third-order valence-electron chi connectivity index (χ3n) is 3.78. The van der Waals surface area contributed by atoms with E-state index in [0.717, 1.165) is 6.54 Å². The lowest BCUT2D eigenvalue weighted by atomic mass is 10.2. The molecule has 2 unspecified atom stereocenters. The summed E-state index contributed by atoms with van der Waals surface area (Å²) in [5, 5.41) is 6.25. The van der Waals surface area contributed by atoms with E-state index < -0.39 is 8.32 Å². The van der Waals surface area contributed by atoms with Crippen LogP contribution in [0.3, 0.4) is 0 Å². The number of hydrogen-bond donors (Lipinski definition) is 2. The summed E-state index contributed by atoms with van der Waals surface area (Å²) in [6, 6.07) is 0. The van der Waals surface area contributed by atoms with E-state index in [1.807, 2.05) is 19.2 Å². The minimum absolute atomic E-state index is 0.0733. The maximum atomic E-state index is 12.2. The zero-order chi connectivity index (χ0) is 14.0. The SMILES string of the molecule is CC(O[Si](C)(C)C(C)(C)C)C(=O)C1NC=CCN1. The Morgan fingerprint density at radius 3 is 2.50 bits per heavy atom. The van der Waals surface area contributed by atoms with Gasteiger partial charge in [0.25, 0.3) is 0 Å². The number of nitrogens with one attached hydrogen (secondary N) is 2. The van der Waals surface area contributed by atoms with Gasteiger partial charge in [-0.1, -0.05) is 26.8 Å². The lowest BCUT2D eigenvalue weighted by Crippen LogP contribution is -2.54. The minimum atomic E-state index is -1.89. The molecule has 0 aromatic rings. The smallest absolute Gasteiger partial charge is 0.196 e. The third kappa shape index (κ3) is 3.67. The highest BCUT2D eigenvalue weighted by molar-refractivity contribution is 6.74. The van der Waals surface area contributed by atoms with Crippen molar-refractivity contribution in [2.75, 3.05) is 6.54 Å². The molecule has 2 N–H and O–H groups in total. The van der Waals surface area contributed by atoms with Crippen molar-refractivity contribution in [2.45, 2.75) is 58.1 Å². The molecule has 4 nitrogen and oxygen atoms in total. The van der Waals surface area contributed by atoms with Gasteiger partial charge in [-0.3, -0.25) is 10.1 Å². The molecule has 0 fully saturated rings. The minimum Gasteiger partial charge on any atom is -0.407 e. The van der Waals surface area contributed by atoms with E-state index in [1.165, 1.54) is 0 Å². The fourth-order valence-corrected chi connectivity index (χ4v) is 2.92.